The minimum Gasteiger partial charge on any atom is -0.339 e. The van der Waals surface area contributed by atoms with E-state index in [1.54, 1.807) is 23.1 Å². The normalized spacial score (nSPS) is 18.7. The summed E-state index contributed by atoms with van der Waals surface area (Å²) in [4.78, 5) is 14.5. The number of fused-ring (bicyclic) bond motifs is 1. The van der Waals surface area contributed by atoms with Gasteiger partial charge in [-0.3, -0.25) is 4.79 Å². The summed E-state index contributed by atoms with van der Waals surface area (Å²) in [6.45, 7) is 2.61. The highest BCUT2D eigenvalue weighted by molar-refractivity contribution is 7.89. The fraction of sp³-hybridized carbons (Fsp3) is 0.421. The van der Waals surface area contributed by atoms with Gasteiger partial charge in [-0.15, -0.1) is 0 Å². The van der Waals surface area contributed by atoms with E-state index >= 15 is 0 Å². The van der Waals surface area contributed by atoms with Crippen molar-refractivity contribution in [3.63, 3.8) is 0 Å². The van der Waals surface area contributed by atoms with Gasteiger partial charge in [0.1, 0.15) is 0 Å². The van der Waals surface area contributed by atoms with Crippen LogP contribution in [-0.4, -0.2) is 49.7 Å². The molecule has 3 rings (SSSR count). The summed E-state index contributed by atoms with van der Waals surface area (Å²) in [5, 5.41) is 1.86. The minimum atomic E-state index is -3.70. The average molecular weight is 360 g/mol. The Kier molecular flexibility index (Phi) is 5.11. The molecule has 0 radical (unpaired) electrons. The number of likely N-dealkylation sites (tertiary alicyclic amines) is 1. The van der Waals surface area contributed by atoms with E-state index in [0.717, 1.165) is 34.3 Å². The Labute approximate surface area is 149 Å². The second-order valence-corrected chi connectivity index (χ2v) is 8.75. The van der Waals surface area contributed by atoms with Crippen molar-refractivity contribution in [3.05, 3.63) is 42.5 Å². The Bertz CT molecular complexity index is 879. The molecule has 1 atom stereocenters. The summed E-state index contributed by atoms with van der Waals surface area (Å²) < 4.78 is 26.8. The first-order valence-electron chi connectivity index (χ1n) is 8.64. The lowest BCUT2D eigenvalue weighted by Crippen LogP contribution is -2.47. The van der Waals surface area contributed by atoms with Gasteiger partial charge in [-0.2, -0.15) is 4.31 Å². The largest absolute Gasteiger partial charge is 0.339 e. The molecule has 2 aromatic carbocycles. The molecule has 1 aliphatic rings. The number of hydrogen-bond donors (Lipinski definition) is 0. The van der Waals surface area contributed by atoms with Gasteiger partial charge < -0.3 is 4.90 Å². The first kappa shape index (κ1) is 17.9. The molecule has 0 aromatic heterocycles. The Balaban J connectivity index is 1.79. The van der Waals surface area contributed by atoms with E-state index in [-0.39, 0.29) is 23.4 Å². The summed E-state index contributed by atoms with van der Waals surface area (Å²) in [7, 11) is -2.23. The van der Waals surface area contributed by atoms with Gasteiger partial charge in [0, 0.05) is 19.6 Å². The van der Waals surface area contributed by atoms with Crippen LogP contribution < -0.4 is 0 Å². The highest BCUT2D eigenvalue weighted by Gasteiger charge is 2.28. The van der Waals surface area contributed by atoms with Crippen LogP contribution in [0.2, 0.25) is 0 Å². The number of hydrogen-bond acceptors (Lipinski definition) is 3. The first-order chi connectivity index (χ1) is 11.9. The number of sulfonamides is 1. The van der Waals surface area contributed by atoms with Crippen molar-refractivity contribution < 1.29 is 13.2 Å². The van der Waals surface area contributed by atoms with Crippen LogP contribution in [0.5, 0.6) is 0 Å². The SMILES string of the molecule is CC1CCCCN1C(=O)CN(C)S(=O)(=O)c1ccc2ccccc2c1. The lowest BCUT2D eigenvalue weighted by molar-refractivity contribution is -0.134. The minimum absolute atomic E-state index is 0.125. The zero-order valence-electron chi connectivity index (χ0n) is 14.7. The molecule has 0 N–H and O–H groups in total. The van der Waals surface area contributed by atoms with Gasteiger partial charge in [-0.05, 0) is 49.1 Å². The second-order valence-electron chi connectivity index (χ2n) is 6.70. The van der Waals surface area contributed by atoms with Crippen molar-refractivity contribution >= 4 is 26.7 Å². The smallest absolute Gasteiger partial charge is 0.243 e. The zero-order valence-corrected chi connectivity index (χ0v) is 15.5. The molecule has 0 saturated carbocycles. The lowest BCUT2D eigenvalue weighted by atomic mass is 10.0. The number of carbonyl (C=O) groups is 1. The standard InChI is InChI=1S/C19H24N2O3S/c1-15-7-5-6-12-21(15)19(22)14-20(2)25(23,24)18-11-10-16-8-3-4-9-17(16)13-18/h3-4,8-11,13,15H,5-7,12,14H2,1-2H3. The highest BCUT2D eigenvalue weighted by Crippen LogP contribution is 2.22. The quantitative estimate of drug-likeness (QED) is 0.842. The summed E-state index contributed by atoms with van der Waals surface area (Å²) in [6, 6.07) is 12.9. The summed E-state index contributed by atoms with van der Waals surface area (Å²) >= 11 is 0. The number of rotatable bonds is 4. The third kappa shape index (κ3) is 3.70. The van der Waals surface area contributed by atoms with Gasteiger partial charge in [-0.25, -0.2) is 8.42 Å². The topological polar surface area (TPSA) is 57.7 Å². The Morgan fingerprint density at radius 3 is 2.60 bits per heavy atom. The Morgan fingerprint density at radius 2 is 1.88 bits per heavy atom. The van der Waals surface area contributed by atoms with Crippen LogP contribution >= 0.6 is 0 Å². The number of benzene rings is 2. The van der Waals surface area contributed by atoms with Gasteiger partial charge in [0.25, 0.3) is 0 Å². The van der Waals surface area contributed by atoms with Crippen molar-refractivity contribution in [3.8, 4) is 0 Å². The lowest BCUT2D eigenvalue weighted by Gasteiger charge is -2.34. The molecule has 1 saturated heterocycles. The van der Waals surface area contributed by atoms with Gasteiger partial charge in [0.15, 0.2) is 0 Å². The third-order valence-corrected chi connectivity index (χ3v) is 6.71. The predicted molar refractivity (Wildman–Crippen MR) is 98.8 cm³/mol. The molecular formula is C19H24N2O3S. The van der Waals surface area contributed by atoms with Crippen LogP contribution in [0.4, 0.5) is 0 Å². The molecule has 1 amide bonds. The van der Waals surface area contributed by atoms with Gasteiger partial charge >= 0.3 is 0 Å². The summed E-state index contributed by atoms with van der Waals surface area (Å²) in [6.07, 6.45) is 3.08. The zero-order chi connectivity index (χ0) is 18.0. The first-order valence-corrected chi connectivity index (χ1v) is 10.1. The summed E-state index contributed by atoms with van der Waals surface area (Å²) in [5.74, 6) is -0.126. The predicted octanol–water partition coefficient (Wildman–Crippen LogP) is 2.86. The van der Waals surface area contributed by atoms with Crippen LogP contribution in [0.25, 0.3) is 10.8 Å². The van der Waals surface area contributed by atoms with E-state index in [0.29, 0.717) is 6.54 Å². The van der Waals surface area contributed by atoms with E-state index in [4.69, 9.17) is 0 Å². The van der Waals surface area contributed by atoms with Crippen molar-refractivity contribution in [2.45, 2.75) is 37.1 Å². The maximum Gasteiger partial charge on any atom is 0.243 e. The van der Waals surface area contributed by atoms with Crippen LogP contribution in [0.15, 0.2) is 47.4 Å². The third-order valence-electron chi connectivity index (χ3n) is 4.91. The second kappa shape index (κ2) is 7.14. The van der Waals surface area contributed by atoms with Crippen molar-refractivity contribution in [1.29, 1.82) is 0 Å². The average Bonchev–Trinajstić information content (AvgIpc) is 2.61. The molecule has 6 heteroatoms. The van der Waals surface area contributed by atoms with Crippen molar-refractivity contribution in [2.75, 3.05) is 20.1 Å². The van der Waals surface area contributed by atoms with E-state index in [1.165, 1.54) is 7.05 Å². The van der Waals surface area contributed by atoms with E-state index < -0.39 is 10.0 Å². The number of nitrogens with zero attached hydrogens (tertiary/aromatic N) is 2. The maximum atomic E-state index is 12.8. The number of amides is 1. The summed E-state index contributed by atoms with van der Waals surface area (Å²) in [5.41, 5.74) is 0. The van der Waals surface area contributed by atoms with Gasteiger partial charge in [0.2, 0.25) is 15.9 Å². The molecule has 1 fully saturated rings. The van der Waals surface area contributed by atoms with Gasteiger partial charge in [0.05, 0.1) is 11.4 Å². The van der Waals surface area contributed by atoms with E-state index in [9.17, 15) is 13.2 Å². The van der Waals surface area contributed by atoms with Crippen LogP contribution in [0.3, 0.4) is 0 Å². The van der Waals surface area contributed by atoms with E-state index in [1.807, 2.05) is 31.2 Å². The van der Waals surface area contributed by atoms with Crippen LogP contribution in [0, 0.1) is 0 Å². The highest BCUT2D eigenvalue weighted by atomic mass is 32.2. The van der Waals surface area contributed by atoms with Crippen molar-refractivity contribution in [2.24, 2.45) is 0 Å². The molecule has 25 heavy (non-hydrogen) atoms. The van der Waals surface area contributed by atoms with E-state index in [2.05, 4.69) is 0 Å². The maximum absolute atomic E-state index is 12.8. The molecule has 1 aliphatic heterocycles. The molecule has 0 spiro atoms. The molecule has 0 aliphatic carbocycles. The molecule has 5 nitrogen and oxygen atoms in total. The number of piperidine rings is 1. The molecular weight excluding hydrogens is 336 g/mol. The Hall–Kier alpha value is -1.92. The van der Waals surface area contributed by atoms with Crippen LogP contribution in [0.1, 0.15) is 26.2 Å². The fourth-order valence-corrected chi connectivity index (χ4v) is 4.50. The van der Waals surface area contributed by atoms with Crippen LogP contribution in [-0.2, 0) is 14.8 Å². The molecule has 2 aromatic rings. The number of carbonyl (C=O) groups excluding carboxylic acids is 1. The molecule has 134 valence electrons. The molecule has 1 unspecified atom stereocenters. The molecule has 0 bridgehead atoms. The number of likely N-dealkylation sites (N-methyl/N-ethyl adjacent to an activating group) is 1. The fourth-order valence-electron chi connectivity index (χ4n) is 3.34. The van der Waals surface area contributed by atoms with Crippen molar-refractivity contribution in [1.82, 2.24) is 9.21 Å². The molecule has 1 heterocycles. The monoisotopic (exact) mass is 360 g/mol. The van der Waals surface area contributed by atoms with Gasteiger partial charge in [-0.1, -0.05) is 30.3 Å². The Morgan fingerprint density at radius 1 is 1.16 bits per heavy atom.